The van der Waals surface area contributed by atoms with E-state index in [4.69, 9.17) is 10.5 Å². The molecule has 37 heavy (non-hydrogen) atoms. The maximum Gasteiger partial charge on any atom is 0.417 e. The first-order valence-corrected chi connectivity index (χ1v) is 13.7. The van der Waals surface area contributed by atoms with Gasteiger partial charge in [-0.2, -0.15) is 4.31 Å². The number of imide groups is 1. The van der Waals surface area contributed by atoms with Gasteiger partial charge in [0.25, 0.3) is 5.91 Å². The highest BCUT2D eigenvalue weighted by molar-refractivity contribution is 7.89. The summed E-state index contributed by atoms with van der Waals surface area (Å²) in [5.74, 6) is -2.29. The number of benzene rings is 2. The van der Waals surface area contributed by atoms with E-state index >= 15 is 0 Å². The minimum Gasteiger partial charge on any atom is -0.480 e. The Kier molecular flexibility index (Phi) is 9.79. The van der Waals surface area contributed by atoms with Gasteiger partial charge in [0.1, 0.15) is 18.7 Å². The number of nitrogens with two attached hydrogens (primary N) is 1. The van der Waals surface area contributed by atoms with Crippen molar-refractivity contribution in [1.29, 1.82) is 0 Å². The molecule has 0 spiro atoms. The van der Waals surface area contributed by atoms with Crippen LogP contribution in [0.4, 0.5) is 4.79 Å². The molecule has 2 amide bonds. The summed E-state index contributed by atoms with van der Waals surface area (Å²) < 4.78 is 33.2. The lowest BCUT2D eigenvalue weighted by Crippen LogP contribution is -2.55. The Bertz CT molecular complexity index is 1190. The summed E-state index contributed by atoms with van der Waals surface area (Å²) in [6, 6.07) is 12.2. The number of carboxylic acids is 1. The molecule has 200 valence electrons. The number of hydrogen-bond donors (Lipinski definition) is 2. The highest BCUT2D eigenvalue weighted by Crippen LogP contribution is 2.29. The van der Waals surface area contributed by atoms with Gasteiger partial charge in [-0.1, -0.05) is 48.0 Å². The average molecular weight is 532 g/mol. The molecule has 1 aliphatic heterocycles. The first kappa shape index (κ1) is 28.3. The predicted molar refractivity (Wildman–Crippen MR) is 136 cm³/mol. The standard InChI is InChI=1S/C26H33N3O7S/c1-19-12-14-21(15-13-19)37(34,35)28-17-7-11-22(28)24(30)29(23(25(31)32)10-5-6-16-27)26(33)36-18-20-8-3-2-4-9-20/h2-4,8-9,12-15,22-23H,5-7,10-11,16-18,27H2,1H3,(H,31,32)/t22-,23-/m0/s1. The van der Waals surface area contributed by atoms with Crippen molar-refractivity contribution in [2.24, 2.45) is 5.73 Å². The molecule has 0 aromatic heterocycles. The van der Waals surface area contributed by atoms with E-state index in [1.54, 1.807) is 42.5 Å². The molecule has 0 bridgehead atoms. The normalized spacial score (nSPS) is 16.8. The van der Waals surface area contributed by atoms with Crippen LogP contribution in [0.3, 0.4) is 0 Å². The lowest BCUT2D eigenvalue weighted by molar-refractivity contribution is -0.150. The molecule has 2 atom stereocenters. The van der Waals surface area contributed by atoms with Gasteiger partial charge < -0.3 is 15.6 Å². The highest BCUT2D eigenvalue weighted by atomic mass is 32.2. The van der Waals surface area contributed by atoms with Crippen LogP contribution in [-0.4, -0.2) is 65.9 Å². The largest absolute Gasteiger partial charge is 0.480 e. The SMILES string of the molecule is Cc1ccc(S(=O)(=O)N2CCC[C@H]2C(=O)N(C(=O)OCc2ccccc2)[C@@H](CCCCN)C(=O)O)cc1. The molecule has 1 fully saturated rings. The zero-order chi connectivity index (χ0) is 27.0. The van der Waals surface area contributed by atoms with Crippen molar-refractivity contribution < 1.29 is 32.6 Å². The number of rotatable bonds is 11. The lowest BCUT2D eigenvalue weighted by Gasteiger charge is -2.31. The second-order valence-electron chi connectivity index (χ2n) is 8.97. The molecule has 0 aliphatic carbocycles. The van der Waals surface area contributed by atoms with Crippen molar-refractivity contribution in [3.05, 3.63) is 65.7 Å². The third-order valence-electron chi connectivity index (χ3n) is 6.28. The molecule has 11 heteroatoms. The van der Waals surface area contributed by atoms with E-state index in [1.807, 2.05) is 6.92 Å². The fraction of sp³-hybridized carbons (Fsp3) is 0.423. The molecule has 0 saturated carbocycles. The van der Waals surface area contributed by atoms with E-state index in [9.17, 15) is 27.9 Å². The van der Waals surface area contributed by atoms with E-state index in [0.717, 1.165) is 9.87 Å². The van der Waals surface area contributed by atoms with Gasteiger partial charge in [-0.3, -0.25) is 4.79 Å². The predicted octanol–water partition coefficient (Wildman–Crippen LogP) is 2.90. The topological polar surface area (TPSA) is 147 Å². The first-order valence-electron chi connectivity index (χ1n) is 12.2. The Morgan fingerprint density at radius 2 is 1.78 bits per heavy atom. The zero-order valence-corrected chi connectivity index (χ0v) is 21.6. The molecule has 3 rings (SSSR count). The van der Waals surface area contributed by atoms with Crippen LogP contribution in [0.25, 0.3) is 0 Å². The van der Waals surface area contributed by atoms with E-state index in [0.29, 0.717) is 36.3 Å². The second-order valence-corrected chi connectivity index (χ2v) is 10.9. The summed E-state index contributed by atoms with van der Waals surface area (Å²) in [5, 5.41) is 9.93. The minimum absolute atomic E-state index is 0.0220. The number of carboxylic acid groups (broad SMARTS) is 1. The number of ether oxygens (including phenoxy) is 1. The fourth-order valence-electron chi connectivity index (χ4n) is 4.29. The van der Waals surface area contributed by atoms with Gasteiger partial charge in [0.2, 0.25) is 10.0 Å². The van der Waals surface area contributed by atoms with E-state index in [2.05, 4.69) is 0 Å². The van der Waals surface area contributed by atoms with Crippen molar-refractivity contribution in [2.45, 2.75) is 62.6 Å². The van der Waals surface area contributed by atoms with Gasteiger partial charge in [-0.05, 0) is 63.3 Å². The van der Waals surface area contributed by atoms with Crippen LogP contribution in [0.5, 0.6) is 0 Å². The molecular formula is C26H33N3O7S. The summed E-state index contributed by atoms with van der Waals surface area (Å²) in [4.78, 5) is 39.7. The van der Waals surface area contributed by atoms with E-state index in [1.165, 1.54) is 12.1 Å². The minimum atomic E-state index is -4.06. The van der Waals surface area contributed by atoms with Crippen molar-refractivity contribution in [1.82, 2.24) is 9.21 Å². The van der Waals surface area contributed by atoms with Gasteiger partial charge in [-0.25, -0.2) is 22.9 Å². The smallest absolute Gasteiger partial charge is 0.417 e. The van der Waals surface area contributed by atoms with Crippen LogP contribution >= 0.6 is 0 Å². The average Bonchev–Trinajstić information content (AvgIpc) is 3.38. The molecule has 3 N–H and O–H groups in total. The van der Waals surface area contributed by atoms with Crippen molar-refractivity contribution in [2.75, 3.05) is 13.1 Å². The van der Waals surface area contributed by atoms with Crippen molar-refractivity contribution >= 4 is 28.0 Å². The highest BCUT2D eigenvalue weighted by Gasteiger charge is 2.46. The van der Waals surface area contributed by atoms with Gasteiger partial charge in [0.05, 0.1) is 4.90 Å². The molecular weight excluding hydrogens is 498 g/mol. The Morgan fingerprint density at radius 1 is 1.11 bits per heavy atom. The monoisotopic (exact) mass is 531 g/mol. The van der Waals surface area contributed by atoms with Gasteiger partial charge in [0.15, 0.2) is 0 Å². The molecule has 2 aromatic rings. The van der Waals surface area contributed by atoms with Crippen LogP contribution in [0, 0.1) is 6.92 Å². The van der Waals surface area contributed by atoms with Crippen molar-refractivity contribution in [3.63, 3.8) is 0 Å². The summed E-state index contributed by atoms with van der Waals surface area (Å²) in [6.45, 7) is 2.05. The summed E-state index contributed by atoms with van der Waals surface area (Å²) in [5.41, 5.74) is 7.07. The molecule has 0 unspecified atom stereocenters. The van der Waals surface area contributed by atoms with Gasteiger partial charge >= 0.3 is 12.1 Å². The maximum atomic E-state index is 13.8. The van der Waals surface area contributed by atoms with Crippen molar-refractivity contribution in [3.8, 4) is 0 Å². The van der Waals surface area contributed by atoms with Gasteiger partial charge in [0, 0.05) is 6.54 Å². The van der Waals surface area contributed by atoms with E-state index in [-0.39, 0.29) is 30.9 Å². The molecule has 1 aliphatic rings. The Morgan fingerprint density at radius 3 is 2.41 bits per heavy atom. The van der Waals surface area contributed by atoms with Crippen LogP contribution in [0.15, 0.2) is 59.5 Å². The first-order chi connectivity index (χ1) is 17.7. The number of sulfonamides is 1. The number of unbranched alkanes of at least 4 members (excludes halogenated alkanes) is 1. The summed E-state index contributed by atoms with van der Waals surface area (Å²) in [7, 11) is -4.06. The third-order valence-corrected chi connectivity index (χ3v) is 8.21. The molecule has 2 aromatic carbocycles. The quantitative estimate of drug-likeness (QED) is 0.421. The zero-order valence-electron chi connectivity index (χ0n) is 20.8. The number of carbonyl (C=O) groups excluding carboxylic acids is 2. The Labute approximate surface area is 217 Å². The number of carbonyl (C=O) groups is 3. The fourth-order valence-corrected chi connectivity index (χ4v) is 5.94. The number of amides is 2. The molecule has 1 saturated heterocycles. The number of hydrogen-bond acceptors (Lipinski definition) is 7. The van der Waals surface area contributed by atoms with Gasteiger partial charge in [-0.15, -0.1) is 0 Å². The Hall–Kier alpha value is -3.28. The number of aryl methyl sites for hydroxylation is 1. The third kappa shape index (κ3) is 6.94. The summed E-state index contributed by atoms with van der Waals surface area (Å²) >= 11 is 0. The molecule has 0 radical (unpaired) electrons. The Balaban J connectivity index is 1.91. The summed E-state index contributed by atoms with van der Waals surface area (Å²) in [6.07, 6.45) is 0.243. The number of nitrogens with zero attached hydrogens (tertiary/aromatic N) is 2. The lowest BCUT2D eigenvalue weighted by atomic mass is 10.1. The molecule has 10 nitrogen and oxygen atoms in total. The maximum absolute atomic E-state index is 13.8. The van der Waals surface area contributed by atoms with Crippen LogP contribution in [0.1, 0.15) is 43.2 Å². The number of aliphatic carboxylic acids is 1. The van der Waals surface area contributed by atoms with Crippen LogP contribution in [0.2, 0.25) is 0 Å². The van der Waals surface area contributed by atoms with E-state index < -0.39 is 40.1 Å². The van der Waals surface area contributed by atoms with Crippen LogP contribution < -0.4 is 5.73 Å². The second kappa shape index (κ2) is 12.8. The molecule has 1 heterocycles. The van der Waals surface area contributed by atoms with Crippen LogP contribution in [-0.2, 0) is 31.0 Å².